The van der Waals surface area contributed by atoms with Crippen LogP contribution < -0.4 is 14.8 Å². The molecule has 2 aromatic carbocycles. The summed E-state index contributed by atoms with van der Waals surface area (Å²) in [5.74, 6) is 1.09. The fourth-order valence-electron chi connectivity index (χ4n) is 4.72. The standard InChI is InChI=1S/C27H34N2O4/c1-19(21-12-13-24(25(16-21)32-2)33-23-10-6-7-11-23)28-27(31)22-17-26(30)29(18-22)15-14-20-8-4-3-5-9-20/h3-5,8-9,12-13,16,19,22-23H,6-7,10-11,14-15,17-18H2,1-2H3,(H,28,31). The molecule has 2 aromatic rings. The summed E-state index contributed by atoms with van der Waals surface area (Å²) in [5.41, 5.74) is 2.14. The molecule has 176 valence electrons. The Labute approximate surface area is 196 Å². The third-order valence-electron chi connectivity index (χ3n) is 6.74. The molecule has 1 saturated heterocycles. The number of hydrogen-bond donors (Lipinski definition) is 1. The number of nitrogens with one attached hydrogen (secondary N) is 1. The van der Waals surface area contributed by atoms with Gasteiger partial charge in [-0.15, -0.1) is 0 Å². The second-order valence-corrected chi connectivity index (χ2v) is 9.14. The van der Waals surface area contributed by atoms with Crippen LogP contribution in [-0.2, 0) is 16.0 Å². The van der Waals surface area contributed by atoms with Gasteiger partial charge in [0.25, 0.3) is 0 Å². The zero-order valence-electron chi connectivity index (χ0n) is 19.6. The lowest BCUT2D eigenvalue weighted by molar-refractivity contribution is -0.129. The van der Waals surface area contributed by atoms with E-state index in [0.29, 0.717) is 18.8 Å². The minimum atomic E-state index is -0.317. The van der Waals surface area contributed by atoms with Crippen molar-refractivity contribution < 1.29 is 19.1 Å². The van der Waals surface area contributed by atoms with Crippen molar-refractivity contribution in [1.82, 2.24) is 10.2 Å². The van der Waals surface area contributed by atoms with Gasteiger partial charge in [0, 0.05) is 19.5 Å². The summed E-state index contributed by atoms with van der Waals surface area (Å²) in [6, 6.07) is 15.8. The van der Waals surface area contributed by atoms with E-state index in [2.05, 4.69) is 17.4 Å². The Hall–Kier alpha value is -3.02. The van der Waals surface area contributed by atoms with Crippen LogP contribution in [-0.4, -0.2) is 43.0 Å². The Morgan fingerprint density at radius 2 is 1.88 bits per heavy atom. The van der Waals surface area contributed by atoms with Crippen molar-refractivity contribution in [2.75, 3.05) is 20.2 Å². The fourth-order valence-corrected chi connectivity index (χ4v) is 4.72. The maximum atomic E-state index is 12.9. The Morgan fingerprint density at radius 3 is 2.61 bits per heavy atom. The number of likely N-dealkylation sites (tertiary alicyclic amines) is 1. The van der Waals surface area contributed by atoms with Crippen LogP contribution in [0.5, 0.6) is 11.5 Å². The molecule has 33 heavy (non-hydrogen) atoms. The molecule has 2 atom stereocenters. The molecule has 1 aliphatic heterocycles. The average molecular weight is 451 g/mol. The highest BCUT2D eigenvalue weighted by Crippen LogP contribution is 2.34. The van der Waals surface area contributed by atoms with Crippen LogP contribution in [0.15, 0.2) is 48.5 Å². The highest BCUT2D eigenvalue weighted by molar-refractivity contribution is 5.89. The molecule has 1 aliphatic carbocycles. The number of methoxy groups -OCH3 is 1. The SMILES string of the molecule is COc1cc(C(C)NC(=O)C2CC(=O)N(CCc3ccccc3)C2)ccc1OC1CCCC1. The number of carbonyl (C=O) groups is 2. The van der Waals surface area contributed by atoms with E-state index >= 15 is 0 Å². The molecule has 2 aliphatic rings. The van der Waals surface area contributed by atoms with Crippen molar-refractivity contribution in [2.24, 2.45) is 5.92 Å². The van der Waals surface area contributed by atoms with Crippen LogP contribution in [0.3, 0.4) is 0 Å². The van der Waals surface area contributed by atoms with E-state index in [1.807, 2.05) is 43.3 Å². The second-order valence-electron chi connectivity index (χ2n) is 9.14. The van der Waals surface area contributed by atoms with Gasteiger partial charge in [-0.1, -0.05) is 36.4 Å². The van der Waals surface area contributed by atoms with Crippen molar-refractivity contribution >= 4 is 11.8 Å². The molecule has 6 heteroatoms. The quantitative estimate of drug-likeness (QED) is 0.619. The fraction of sp³-hybridized carbons (Fsp3) is 0.481. The van der Waals surface area contributed by atoms with Gasteiger partial charge in [0.05, 0.1) is 25.2 Å². The largest absolute Gasteiger partial charge is 0.493 e. The number of rotatable bonds is 9. The van der Waals surface area contributed by atoms with Crippen LogP contribution >= 0.6 is 0 Å². The monoisotopic (exact) mass is 450 g/mol. The topological polar surface area (TPSA) is 67.9 Å². The molecule has 4 rings (SSSR count). The van der Waals surface area contributed by atoms with Gasteiger partial charge in [-0.3, -0.25) is 9.59 Å². The van der Waals surface area contributed by atoms with Crippen LogP contribution in [0.1, 0.15) is 56.2 Å². The van der Waals surface area contributed by atoms with E-state index in [0.717, 1.165) is 30.6 Å². The van der Waals surface area contributed by atoms with Crippen LogP contribution in [0.25, 0.3) is 0 Å². The molecule has 6 nitrogen and oxygen atoms in total. The summed E-state index contributed by atoms with van der Waals surface area (Å²) in [4.78, 5) is 27.2. The van der Waals surface area contributed by atoms with E-state index in [1.54, 1.807) is 12.0 Å². The summed E-state index contributed by atoms with van der Waals surface area (Å²) in [7, 11) is 1.64. The Kier molecular flexibility index (Phi) is 7.53. The van der Waals surface area contributed by atoms with Gasteiger partial charge in [-0.25, -0.2) is 0 Å². The van der Waals surface area contributed by atoms with E-state index in [4.69, 9.17) is 9.47 Å². The number of benzene rings is 2. The van der Waals surface area contributed by atoms with Crippen molar-refractivity contribution in [2.45, 2.75) is 57.6 Å². The summed E-state index contributed by atoms with van der Waals surface area (Å²) in [5, 5.41) is 3.08. The van der Waals surface area contributed by atoms with E-state index in [-0.39, 0.29) is 36.3 Å². The number of nitrogens with zero attached hydrogens (tertiary/aromatic N) is 1. The molecular weight excluding hydrogens is 416 g/mol. The zero-order chi connectivity index (χ0) is 23.2. The van der Waals surface area contributed by atoms with Crippen LogP contribution in [0, 0.1) is 5.92 Å². The normalized spacial score (nSPS) is 19.5. The first-order valence-corrected chi connectivity index (χ1v) is 12.0. The van der Waals surface area contributed by atoms with Crippen molar-refractivity contribution in [3.8, 4) is 11.5 Å². The lowest BCUT2D eigenvalue weighted by Crippen LogP contribution is -2.35. The third-order valence-corrected chi connectivity index (χ3v) is 6.74. The van der Waals surface area contributed by atoms with Gasteiger partial charge in [-0.05, 0) is 62.3 Å². The number of hydrogen-bond acceptors (Lipinski definition) is 4. The summed E-state index contributed by atoms with van der Waals surface area (Å²) < 4.78 is 11.7. The van der Waals surface area contributed by atoms with E-state index < -0.39 is 0 Å². The maximum Gasteiger partial charge on any atom is 0.225 e. The molecule has 0 bridgehead atoms. The van der Waals surface area contributed by atoms with E-state index in [1.165, 1.54) is 18.4 Å². The van der Waals surface area contributed by atoms with Gasteiger partial charge in [0.1, 0.15) is 0 Å². The lowest BCUT2D eigenvalue weighted by atomic mass is 10.0. The van der Waals surface area contributed by atoms with Gasteiger partial charge in [0.15, 0.2) is 11.5 Å². The lowest BCUT2D eigenvalue weighted by Gasteiger charge is -2.21. The molecule has 2 amide bonds. The number of carbonyl (C=O) groups excluding carboxylic acids is 2. The highest BCUT2D eigenvalue weighted by atomic mass is 16.5. The van der Waals surface area contributed by atoms with Gasteiger partial charge in [0.2, 0.25) is 11.8 Å². The predicted molar refractivity (Wildman–Crippen MR) is 127 cm³/mol. The van der Waals surface area contributed by atoms with Gasteiger partial charge in [-0.2, -0.15) is 0 Å². The molecule has 1 heterocycles. The molecule has 1 saturated carbocycles. The van der Waals surface area contributed by atoms with Crippen molar-refractivity contribution in [1.29, 1.82) is 0 Å². The van der Waals surface area contributed by atoms with E-state index in [9.17, 15) is 9.59 Å². The first-order valence-electron chi connectivity index (χ1n) is 12.0. The number of ether oxygens (including phenoxy) is 2. The predicted octanol–water partition coefficient (Wildman–Crippen LogP) is 4.29. The molecule has 1 N–H and O–H groups in total. The Balaban J connectivity index is 1.31. The molecule has 2 fully saturated rings. The minimum Gasteiger partial charge on any atom is -0.493 e. The zero-order valence-corrected chi connectivity index (χ0v) is 19.6. The molecule has 2 unspecified atom stereocenters. The third kappa shape index (κ3) is 5.86. The second kappa shape index (κ2) is 10.7. The Bertz CT molecular complexity index is 956. The maximum absolute atomic E-state index is 12.9. The summed E-state index contributed by atoms with van der Waals surface area (Å²) in [6.07, 6.45) is 5.91. The molecule has 0 spiro atoms. The average Bonchev–Trinajstić information content (AvgIpc) is 3.48. The van der Waals surface area contributed by atoms with Crippen molar-refractivity contribution in [3.63, 3.8) is 0 Å². The first kappa shape index (κ1) is 23.1. The van der Waals surface area contributed by atoms with Crippen LogP contribution in [0.4, 0.5) is 0 Å². The number of amides is 2. The Morgan fingerprint density at radius 1 is 1.12 bits per heavy atom. The summed E-state index contributed by atoms with van der Waals surface area (Å²) >= 11 is 0. The molecule has 0 radical (unpaired) electrons. The minimum absolute atomic E-state index is 0.0498. The van der Waals surface area contributed by atoms with Gasteiger partial charge >= 0.3 is 0 Å². The van der Waals surface area contributed by atoms with Crippen molar-refractivity contribution in [3.05, 3.63) is 59.7 Å². The van der Waals surface area contributed by atoms with Gasteiger partial charge < -0.3 is 19.7 Å². The molecular formula is C27H34N2O4. The highest BCUT2D eigenvalue weighted by Gasteiger charge is 2.34. The summed E-state index contributed by atoms with van der Waals surface area (Å²) in [6.45, 7) is 3.07. The van der Waals surface area contributed by atoms with Crippen LogP contribution in [0.2, 0.25) is 0 Å². The molecule has 0 aromatic heterocycles. The smallest absolute Gasteiger partial charge is 0.225 e. The first-order chi connectivity index (χ1) is 16.0.